The van der Waals surface area contributed by atoms with E-state index in [1.807, 2.05) is 0 Å². The van der Waals surface area contributed by atoms with E-state index in [1.54, 1.807) is 17.0 Å². The molecule has 1 aliphatic rings. The first-order chi connectivity index (χ1) is 9.92. The Morgan fingerprint density at radius 2 is 1.95 bits per heavy atom. The number of nitrogens with one attached hydrogen (secondary N) is 1. The minimum atomic E-state index is -4.32. The van der Waals surface area contributed by atoms with Gasteiger partial charge in [0.15, 0.2) is 0 Å². The molecule has 8 heteroatoms. The summed E-state index contributed by atoms with van der Waals surface area (Å²) < 4.78 is 44.0. The Morgan fingerprint density at radius 3 is 2.50 bits per heavy atom. The average molecular weight is 341 g/mol. The van der Waals surface area contributed by atoms with Crippen molar-refractivity contribution >= 4 is 12.4 Å². The van der Waals surface area contributed by atoms with Crippen LogP contribution in [-0.4, -0.2) is 49.5 Å². The van der Waals surface area contributed by atoms with E-state index in [1.165, 1.54) is 13.2 Å². The number of hydrogen-bond donors (Lipinski definition) is 2. The number of hydrogen-bond acceptors (Lipinski definition) is 4. The van der Waals surface area contributed by atoms with Crippen LogP contribution in [0.5, 0.6) is 11.5 Å². The Kier molecular flexibility index (Phi) is 6.77. The molecule has 2 rings (SSSR count). The minimum absolute atomic E-state index is 0. The normalized spacial score (nSPS) is 17.6. The SMILES string of the molecule is COc1cccc(O)c1[C@H](CC(F)(F)F)N1CCNCC1.Cl. The molecule has 0 unspecified atom stereocenters. The number of ether oxygens (including phenoxy) is 1. The van der Waals surface area contributed by atoms with E-state index in [9.17, 15) is 18.3 Å². The maximum Gasteiger partial charge on any atom is 0.390 e. The quantitative estimate of drug-likeness (QED) is 0.884. The van der Waals surface area contributed by atoms with Gasteiger partial charge in [0.05, 0.1) is 25.1 Å². The zero-order valence-corrected chi connectivity index (χ0v) is 13.0. The molecule has 4 nitrogen and oxygen atoms in total. The molecule has 1 atom stereocenters. The van der Waals surface area contributed by atoms with Crippen LogP contribution >= 0.6 is 12.4 Å². The highest BCUT2D eigenvalue weighted by atomic mass is 35.5. The van der Waals surface area contributed by atoms with Gasteiger partial charge in [0.25, 0.3) is 0 Å². The molecule has 22 heavy (non-hydrogen) atoms. The van der Waals surface area contributed by atoms with Gasteiger partial charge in [0.1, 0.15) is 11.5 Å². The largest absolute Gasteiger partial charge is 0.507 e. The highest BCUT2D eigenvalue weighted by Gasteiger charge is 2.38. The summed E-state index contributed by atoms with van der Waals surface area (Å²) in [7, 11) is 1.39. The van der Waals surface area contributed by atoms with Gasteiger partial charge in [-0.2, -0.15) is 13.2 Å². The van der Waals surface area contributed by atoms with Gasteiger partial charge >= 0.3 is 6.18 Å². The number of benzene rings is 1. The summed E-state index contributed by atoms with van der Waals surface area (Å²) in [6, 6.07) is 3.58. The van der Waals surface area contributed by atoms with E-state index < -0.39 is 18.6 Å². The predicted molar refractivity (Wildman–Crippen MR) is 79.8 cm³/mol. The molecule has 1 aliphatic heterocycles. The van der Waals surface area contributed by atoms with Crippen molar-refractivity contribution in [3.63, 3.8) is 0 Å². The van der Waals surface area contributed by atoms with Crippen molar-refractivity contribution in [2.45, 2.75) is 18.6 Å². The van der Waals surface area contributed by atoms with Gasteiger partial charge < -0.3 is 15.2 Å². The Balaban J connectivity index is 0.00000242. The monoisotopic (exact) mass is 340 g/mol. The zero-order valence-electron chi connectivity index (χ0n) is 12.2. The van der Waals surface area contributed by atoms with Crippen LogP contribution in [0.4, 0.5) is 13.2 Å². The second kappa shape index (κ2) is 7.89. The molecule has 0 aromatic heterocycles. The number of aromatic hydroxyl groups is 1. The molecule has 1 aromatic rings. The lowest BCUT2D eigenvalue weighted by Crippen LogP contribution is -2.46. The van der Waals surface area contributed by atoms with Crippen LogP contribution in [0.2, 0.25) is 0 Å². The molecule has 0 bridgehead atoms. The first-order valence-corrected chi connectivity index (χ1v) is 6.80. The molecule has 1 heterocycles. The second-order valence-corrected chi connectivity index (χ2v) is 5.01. The molecule has 126 valence electrons. The van der Waals surface area contributed by atoms with Gasteiger partial charge in [-0.05, 0) is 12.1 Å². The third-order valence-electron chi connectivity index (χ3n) is 3.61. The third-order valence-corrected chi connectivity index (χ3v) is 3.61. The van der Waals surface area contributed by atoms with Crippen LogP contribution in [0.3, 0.4) is 0 Å². The van der Waals surface area contributed by atoms with Crippen molar-refractivity contribution in [1.29, 1.82) is 0 Å². The fourth-order valence-electron chi connectivity index (χ4n) is 2.67. The molecular weight excluding hydrogens is 321 g/mol. The summed E-state index contributed by atoms with van der Waals surface area (Å²) >= 11 is 0. The Hall–Kier alpha value is -1.18. The van der Waals surface area contributed by atoms with Crippen LogP contribution in [0.1, 0.15) is 18.0 Å². The molecular formula is C14H20ClF3N2O2. The average Bonchev–Trinajstić information content (AvgIpc) is 2.45. The van der Waals surface area contributed by atoms with Gasteiger partial charge in [-0.15, -0.1) is 12.4 Å². The molecule has 0 amide bonds. The van der Waals surface area contributed by atoms with Crippen molar-refractivity contribution in [3.8, 4) is 11.5 Å². The van der Waals surface area contributed by atoms with E-state index in [-0.39, 0.29) is 29.5 Å². The Bertz CT molecular complexity index is 480. The molecule has 1 aromatic carbocycles. The standard InChI is InChI=1S/C14H19F3N2O2.ClH/c1-21-12-4-2-3-11(20)13(12)10(9-14(15,16)17)19-7-5-18-6-8-19;/h2-4,10,18,20H,5-9H2,1H3;1H/t10-;/m0./s1. The Labute approximate surface area is 133 Å². The lowest BCUT2D eigenvalue weighted by atomic mass is 9.98. The summed E-state index contributed by atoms with van der Waals surface area (Å²) in [6.07, 6.45) is -5.33. The lowest BCUT2D eigenvalue weighted by Gasteiger charge is -2.36. The minimum Gasteiger partial charge on any atom is -0.507 e. The maximum absolute atomic E-state index is 12.9. The third kappa shape index (κ3) is 4.66. The van der Waals surface area contributed by atoms with E-state index in [0.29, 0.717) is 26.2 Å². The molecule has 1 fully saturated rings. The fraction of sp³-hybridized carbons (Fsp3) is 0.571. The van der Waals surface area contributed by atoms with Crippen molar-refractivity contribution in [3.05, 3.63) is 23.8 Å². The van der Waals surface area contributed by atoms with E-state index in [2.05, 4.69) is 5.32 Å². The number of nitrogens with zero attached hydrogens (tertiary/aromatic N) is 1. The molecule has 0 aliphatic carbocycles. The van der Waals surface area contributed by atoms with Gasteiger partial charge in [0, 0.05) is 26.2 Å². The topological polar surface area (TPSA) is 44.7 Å². The number of piperazine rings is 1. The molecule has 1 saturated heterocycles. The number of phenolic OH excluding ortho intramolecular Hbond substituents is 1. The lowest BCUT2D eigenvalue weighted by molar-refractivity contribution is -0.149. The maximum atomic E-state index is 12.9. The van der Waals surface area contributed by atoms with Crippen LogP contribution in [0.25, 0.3) is 0 Å². The van der Waals surface area contributed by atoms with Crippen LogP contribution in [0.15, 0.2) is 18.2 Å². The smallest absolute Gasteiger partial charge is 0.390 e. The summed E-state index contributed by atoms with van der Waals surface area (Å²) in [5.74, 6) is 0.116. The highest BCUT2D eigenvalue weighted by molar-refractivity contribution is 5.85. The van der Waals surface area contributed by atoms with Crippen molar-refractivity contribution in [1.82, 2.24) is 10.2 Å². The van der Waals surface area contributed by atoms with E-state index in [4.69, 9.17) is 4.74 Å². The first-order valence-electron chi connectivity index (χ1n) is 6.80. The molecule has 0 spiro atoms. The molecule has 2 N–H and O–H groups in total. The Morgan fingerprint density at radius 1 is 1.32 bits per heavy atom. The summed E-state index contributed by atoms with van der Waals surface area (Å²) in [4.78, 5) is 1.74. The number of halogens is 4. The van der Waals surface area contributed by atoms with Crippen LogP contribution in [0, 0.1) is 0 Å². The second-order valence-electron chi connectivity index (χ2n) is 5.01. The number of rotatable bonds is 4. The van der Waals surface area contributed by atoms with Gasteiger partial charge in [0.2, 0.25) is 0 Å². The van der Waals surface area contributed by atoms with Gasteiger partial charge in [-0.3, -0.25) is 4.90 Å². The van der Waals surface area contributed by atoms with Gasteiger partial charge in [-0.1, -0.05) is 6.07 Å². The first kappa shape index (κ1) is 18.9. The molecule has 0 radical (unpaired) electrons. The van der Waals surface area contributed by atoms with Crippen LogP contribution < -0.4 is 10.1 Å². The van der Waals surface area contributed by atoms with Crippen molar-refractivity contribution in [2.75, 3.05) is 33.3 Å². The van der Waals surface area contributed by atoms with Crippen LogP contribution in [-0.2, 0) is 0 Å². The summed E-state index contributed by atoms with van der Waals surface area (Å²) in [6.45, 7) is 2.25. The number of methoxy groups -OCH3 is 1. The van der Waals surface area contributed by atoms with Gasteiger partial charge in [-0.25, -0.2) is 0 Å². The predicted octanol–water partition coefficient (Wildman–Crippen LogP) is 2.72. The summed E-state index contributed by atoms with van der Waals surface area (Å²) in [5, 5.41) is 13.1. The van der Waals surface area contributed by atoms with Crippen molar-refractivity contribution in [2.24, 2.45) is 0 Å². The zero-order chi connectivity index (χ0) is 15.5. The highest BCUT2D eigenvalue weighted by Crippen LogP contribution is 2.42. The summed E-state index contributed by atoms with van der Waals surface area (Å²) in [5.41, 5.74) is 0.208. The number of phenols is 1. The van der Waals surface area contributed by atoms with Crippen molar-refractivity contribution < 1.29 is 23.0 Å². The van der Waals surface area contributed by atoms with E-state index >= 15 is 0 Å². The number of alkyl halides is 3. The fourth-order valence-corrected chi connectivity index (χ4v) is 2.67. The van der Waals surface area contributed by atoms with E-state index in [0.717, 1.165) is 0 Å². The molecule has 0 saturated carbocycles.